The molecule has 1 unspecified atom stereocenters. The van der Waals surface area contributed by atoms with Crippen LogP contribution in [0.2, 0.25) is 0 Å². The van der Waals surface area contributed by atoms with Crippen molar-refractivity contribution in [3.05, 3.63) is 65.7 Å². The standard InChI is InChI=1S/C22H17N3O4/c26-20-9-8-18(21(27)23-20)25-12-15-10-14(6-7-16(15)22(25)28)17-11-19(29-24-17)13-4-2-1-3-5-13/h1-7,10-11,18H,8-9,12H2,(H,23,26,27). The average molecular weight is 387 g/mol. The number of carbonyl (C=O) groups is 3. The molecule has 1 atom stereocenters. The number of amides is 3. The van der Waals surface area contributed by atoms with E-state index in [-0.39, 0.29) is 18.2 Å². The minimum Gasteiger partial charge on any atom is -0.356 e. The molecule has 5 rings (SSSR count). The van der Waals surface area contributed by atoms with Gasteiger partial charge in [0.05, 0.1) is 0 Å². The smallest absolute Gasteiger partial charge is 0.255 e. The lowest BCUT2D eigenvalue weighted by molar-refractivity contribution is -0.136. The van der Waals surface area contributed by atoms with Crippen molar-refractivity contribution >= 4 is 17.7 Å². The number of imide groups is 1. The number of nitrogens with one attached hydrogen (secondary N) is 1. The molecule has 2 aliphatic rings. The first-order valence-corrected chi connectivity index (χ1v) is 9.40. The van der Waals surface area contributed by atoms with Crippen molar-refractivity contribution < 1.29 is 18.9 Å². The summed E-state index contributed by atoms with van der Waals surface area (Å²) in [6, 6.07) is 16.4. The monoisotopic (exact) mass is 387 g/mol. The Balaban J connectivity index is 1.41. The molecule has 3 heterocycles. The van der Waals surface area contributed by atoms with Crippen LogP contribution in [0.3, 0.4) is 0 Å². The highest BCUT2D eigenvalue weighted by Gasteiger charge is 2.39. The highest BCUT2D eigenvalue weighted by Crippen LogP contribution is 2.32. The van der Waals surface area contributed by atoms with Gasteiger partial charge in [0.25, 0.3) is 5.91 Å². The zero-order chi connectivity index (χ0) is 20.0. The third-order valence-electron chi connectivity index (χ3n) is 5.39. The van der Waals surface area contributed by atoms with Crippen LogP contribution in [0.4, 0.5) is 0 Å². The summed E-state index contributed by atoms with van der Waals surface area (Å²) < 4.78 is 5.47. The van der Waals surface area contributed by atoms with Crippen LogP contribution in [-0.4, -0.2) is 33.8 Å². The molecule has 0 saturated carbocycles. The van der Waals surface area contributed by atoms with E-state index in [4.69, 9.17) is 4.52 Å². The van der Waals surface area contributed by atoms with E-state index in [2.05, 4.69) is 10.5 Å². The Hall–Kier alpha value is -3.74. The third-order valence-corrected chi connectivity index (χ3v) is 5.39. The molecule has 0 aliphatic carbocycles. The highest BCUT2D eigenvalue weighted by atomic mass is 16.5. The number of piperidine rings is 1. The van der Waals surface area contributed by atoms with E-state index >= 15 is 0 Å². The number of aromatic nitrogens is 1. The Morgan fingerprint density at radius 1 is 1.00 bits per heavy atom. The fourth-order valence-electron chi connectivity index (χ4n) is 3.88. The molecular formula is C22H17N3O4. The molecule has 1 saturated heterocycles. The zero-order valence-corrected chi connectivity index (χ0v) is 15.4. The van der Waals surface area contributed by atoms with E-state index < -0.39 is 11.9 Å². The topological polar surface area (TPSA) is 92.5 Å². The molecule has 1 fully saturated rings. The normalized spacial score (nSPS) is 18.7. The van der Waals surface area contributed by atoms with Crippen molar-refractivity contribution in [2.75, 3.05) is 0 Å². The minimum atomic E-state index is -0.618. The van der Waals surface area contributed by atoms with Crippen molar-refractivity contribution in [3.8, 4) is 22.6 Å². The zero-order valence-electron chi connectivity index (χ0n) is 15.4. The predicted octanol–water partition coefficient (Wildman–Crippen LogP) is 2.77. The first kappa shape index (κ1) is 17.4. The summed E-state index contributed by atoms with van der Waals surface area (Å²) in [4.78, 5) is 37.9. The van der Waals surface area contributed by atoms with Gasteiger partial charge in [0.2, 0.25) is 11.8 Å². The van der Waals surface area contributed by atoms with E-state index in [1.807, 2.05) is 48.5 Å². The van der Waals surface area contributed by atoms with E-state index in [1.165, 1.54) is 4.90 Å². The van der Waals surface area contributed by atoms with Crippen molar-refractivity contribution in [2.24, 2.45) is 0 Å². The Kier molecular flexibility index (Phi) is 4.01. The predicted molar refractivity (Wildman–Crippen MR) is 103 cm³/mol. The summed E-state index contributed by atoms with van der Waals surface area (Å²) in [6.07, 6.45) is 0.587. The SMILES string of the molecule is O=C1CCC(N2Cc3cc(-c4cc(-c5ccccc5)on4)ccc3C2=O)C(=O)N1. The fraction of sp³-hybridized carbons (Fsp3) is 0.182. The van der Waals surface area contributed by atoms with Gasteiger partial charge in [-0.05, 0) is 24.1 Å². The molecule has 0 spiro atoms. The van der Waals surface area contributed by atoms with Crippen LogP contribution < -0.4 is 5.32 Å². The molecule has 29 heavy (non-hydrogen) atoms. The fourth-order valence-corrected chi connectivity index (χ4v) is 3.88. The minimum absolute atomic E-state index is 0.189. The summed E-state index contributed by atoms with van der Waals surface area (Å²) in [7, 11) is 0. The van der Waals surface area contributed by atoms with Gasteiger partial charge in [-0.2, -0.15) is 0 Å². The molecule has 0 bridgehead atoms. The van der Waals surface area contributed by atoms with E-state index in [9.17, 15) is 14.4 Å². The van der Waals surface area contributed by atoms with E-state index in [0.29, 0.717) is 30.0 Å². The summed E-state index contributed by atoms with van der Waals surface area (Å²) in [5, 5.41) is 6.48. The second-order valence-electron chi connectivity index (χ2n) is 7.21. The molecule has 7 nitrogen and oxygen atoms in total. The quantitative estimate of drug-likeness (QED) is 0.698. The van der Waals surface area contributed by atoms with Crippen LogP contribution in [-0.2, 0) is 16.1 Å². The molecule has 3 aromatic rings. The summed E-state index contributed by atoms with van der Waals surface area (Å²) in [5.41, 5.74) is 3.87. The van der Waals surface area contributed by atoms with Gasteiger partial charge in [-0.25, -0.2) is 0 Å². The maximum Gasteiger partial charge on any atom is 0.255 e. The lowest BCUT2D eigenvalue weighted by Gasteiger charge is -2.29. The van der Waals surface area contributed by atoms with Gasteiger partial charge >= 0.3 is 0 Å². The van der Waals surface area contributed by atoms with Gasteiger partial charge in [0.1, 0.15) is 11.7 Å². The van der Waals surface area contributed by atoms with E-state index in [0.717, 1.165) is 16.7 Å². The number of benzene rings is 2. The van der Waals surface area contributed by atoms with Crippen molar-refractivity contribution in [1.82, 2.24) is 15.4 Å². The first-order chi connectivity index (χ1) is 14.1. The lowest BCUT2D eigenvalue weighted by Crippen LogP contribution is -2.52. The molecule has 3 amide bonds. The van der Waals surface area contributed by atoms with Gasteiger partial charge in [-0.15, -0.1) is 0 Å². The van der Waals surface area contributed by atoms with Crippen molar-refractivity contribution in [3.63, 3.8) is 0 Å². The van der Waals surface area contributed by atoms with Crippen LogP contribution in [0.1, 0.15) is 28.8 Å². The number of hydrogen-bond donors (Lipinski definition) is 1. The third kappa shape index (κ3) is 3.00. The molecule has 2 aliphatic heterocycles. The van der Waals surface area contributed by atoms with Crippen LogP contribution in [0.15, 0.2) is 59.1 Å². The molecule has 2 aromatic carbocycles. The van der Waals surface area contributed by atoms with Crippen molar-refractivity contribution in [2.45, 2.75) is 25.4 Å². The molecule has 1 N–H and O–H groups in total. The maximum atomic E-state index is 12.8. The second kappa shape index (κ2) is 6.70. The number of rotatable bonds is 3. The number of hydrogen-bond acceptors (Lipinski definition) is 5. The Labute approximate surface area is 166 Å². The summed E-state index contributed by atoms with van der Waals surface area (Å²) in [6.45, 7) is 0.331. The van der Waals surface area contributed by atoms with Crippen LogP contribution in [0.25, 0.3) is 22.6 Å². The van der Waals surface area contributed by atoms with Crippen LogP contribution >= 0.6 is 0 Å². The molecule has 0 radical (unpaired) electrons. The van der Waals surface area contributed by atoms with Gasteiger partial charge in [-0.3, -0.25) is 19.7 Å². The molecule has 144 valence electrons. The second-order valence-corrected chi connectivity index (χ2v) is 7.21. The van der Waals surface area contributed by atoms with Gasteiger partial charge in [0.15, 0.2) is 5.76 Å². The van der Waals surface area contributed by atoms with Gasteiger partial charge in [0, 0.05) is 35.7 Å². The average Bonchev–Trinajstić information content (AvgIpc) is 3.34. The van der Waals surface area contributed by atoms with Gasteiger partial charge in [-0.1, -0.05) is 41.6 Å². The largest absolute Gasteiger partial charge is 0.356 e. The van der Waals surface area contributed by atoms with Crippen LogP contribution in [0, 0.1) is 0 Å². The van der Waals surface area contributed by atoms with Crippen LogP contribution in [0.5, 0.6) is 0 Å². The number of carbonyl (C=O) groups excluding carboxylic acids is 3. The first-order valence-electron chi connectivity index (χ1n) is 9.40. The summed E-state index contributed by atoms with van der Waals surface area (Å²) >= 11 is 0. The molecule has 7 heteroatoms. The number of fused-ring (bicyclic) bond motifs is 1. The Morgan fingerprint density at radius 2 is 1.83 bits per heavy atom. The molecule has 1 aromatic heterocycles. The Morgan fingerprint density at radius 3 is 2.62 bits per heavy atom. The number of nitrogens with zero attached hydrogens (tertiary/aromatic N) is 2. The summed E-state index contributed by atoms with van der Waals surface area (Å²) in [5.74, 6) is -0.224. The van der Waals surface area contributed by atoms with E-state index in [1.54, 1.807) is 6.07 Å². The highest BCUT2D eigenvalue weighted by molar-refractivity contribution is 6.05. The lowest BCUT2D eigenvalue weighted by atomic mass is 10.0. The van der Waals surface area contributed by atoms with Crippen molar-refractivity contribution in [1.29, 1.82) is 0 Å². The Bertz CT molecular complexity index is 1140. The molecular weight excluding hydrogens is 370 g/mol. The maximum absolute atomic E-state index is 12.8. The van der Waals surface area contributed by atoms with Gasteiger partial charge < -0.3 is 9.42 Å².